The number of hydrogen-bond donors (Lipinski definition) is 3. The number of aryl methyl sites for hydroxylation is 1. The van der Waals surface area contributed by atoms with Crippen LogP contribution in [0.5, 0.6) is 0 Å². The zero-order valence-corrected chi connectivity index (χ0v) is 14.5. The molecule has 3 rings (SSSR count). The lowest BCUT2D eigenvalue weighted by molar-refractivity contribution is 0.251. The molecule has 4 nitrogen and oxygen atoms in total. The van der Waals surface area contributed by atoms with Crippen LogP contribution in [0.25, 0.3) is 0 Å². The van der Waals surface area contributed by atoms with Crippen molar-refractivity contribution < 1.29 is 4.79 Å². The summed E-state index contributed by atoms with van der Waals surface area (Å²) < 4.78 is 0. The van der Waals surface area contributed by atoms with Crippen LogP contribution in [0.3, 0.4) is 0 Å². The molecule has 0 radical (unpaired) electrons. The van der Waals surface area contributed by atoms with Gasteiger partial charge in [0.25, 0.3) is 0 Å². The minimum Gasteiger partial charge on any atom is -0.355 e. The molecule has 1 saturated carbocycles. The second-order valence-corrected chi connectivity index (χ2v) is 6.77. The van der Waals surface area contributed by atoms with Gasteiger partial charge in [-0.05, 0) is 61.1 Å². The molecule has 1 fully saturated rings. The van der Waals surface area contributed by atoms with Gasteiger partial charge in [0, 0.05) is 23.1 Å². The Bertz CT molecular complexity index is 718. The van der Waals surface area contributed by atoms with E-state index in [1.54, 1.807) is 0 Å². The monoisotopic (exact) mass is 323 g/mol. The molecular formula is C20H25N3O. The topological polar surface area (TPSA) is 53.2 Å². The van der Waals surface area contributed by atoms with Crippen molar-refractivity contribution >= 4 is 23.1 Å². The fraction of sp³-hybridized carbons (Fsp3) is 0.350. The Morgan fingerprint density at radius 1 is 1.04 bits per heavy atom. The van der Waals surface area contributed by atoms with Crippen LogP contribution in [0.1, 0.15) is 43.7 Å². The second kappa shape index (κ2) is 6.95. The molecule has 0 bridgehead atoms. The van der Waals surface area contributed by atoms with Gasteiger partial charge in [0.2, 0.25) is 0 Å². The lowest BCUT2D eigenvalue weighted by Gasteiger charge is -2.17. The number of rotatable bonds is 5. The highest BCUT2D eigenvalue weighted by Crippen LogP contribution is 2.30. The summed E-state index contributed by atoms with van der Waals surface area (Å²) >= 11 is 0. The van der Waals surface area contributed by atoms with Crippen molar-refractivity contribution in [1.29, 1.82) is 0 Å². The number of benzene rings is 2. The van der Waals surface area contributed by atoms with Crippen LogP contribution in [0, 0.1) is 6.92 Å². The lowest BCUT2D eigenvalue weighted by Crippen LogP contribution is -2.30. The summed E-state index contributed by atoms with van der Waals surface area (Å²) in [6.45, 7) is 6.52. The Balaban J connectivity index is 1.69. The number of urea groups is 1. The molecule has 1 aliphatic rings. The fourth-order valence-electron chi connectivity index (χ4n) is 2.70. The first kappa shape index (κ1) is 16.4. The number of nitrogens with one attached hydrogen (secondary N) is 3. The maximum absolute atomic E-state index is 11.8. The predicted octanol–water partition coefficient (Wildman–Crippen LogP) is 5.15. The maximum atomic E-state index is 11.8. The zero-order chi connectivity index (χ0) is 17.1. The Morgan fingerprint density at radius 2 is 1.71 bits per heavy atom. The van der Waals surface area contributed by atoms with Gasteiger partial charge in [-0.2, -0.15) is 0 Å². The highest BCUT2D eigenvalue weighted by atomic mass is 16.2. The molecule has 2 aromatic carbocycles. The Labute approximate surface area is 143 Å². The van der Waals surface area contributed by atoms with Crippen molar-refractivity contribution in [3.63, 3.8) is 0 Å². The minimum atomic E-state index is -0.126. The molecule has 3 N–H and O–H groups in total. The van der Waals surface area contributed by atoms with E-state index in [9.17, 15) is 4.79 Å². The van der Waals surface area contributed by atoms with E-state index in [-0.39, 0.29) is 6.03 Å². The van der Waals surface area contributed by atoms with E-state index >= 15 is 0 Å². The molecule has 0 spiro atoms. The third-order valence-corrected chi connectivity index (χ3v) is 4.25. The summed E-state index contributed by atoms with van der Waals surface area (Å²) in [6, 6.07) is 14.4. The minimum absolute atomic E-state index is 0.126. The molecule has 24 heavy (non-hydrogen) atoms. The summed E-state index contributed by atoms with van der Waals surface area (Å²) in [5, 5.41) is 9.30. The van der Waals surface area contributed by atoms with Gasteiger partial charge < -0.3 is 16.0 Å². The molecule has 0 unspecified atom stereocenters. The van der Waals surface area contributed by atoms with Crippen molar-refractivity contribution in [2.45, 2.75) is 45.6 Å². The first-order valence-corrected chi connectivity index (χ1v) is 8.57. The van der Waals surface area contributed by atoms with Crippen LogP contribution in [0.4, 0.5) is 21.9 Å². The highest BCUT2D eigenvalue weighted by molar-refractivity contribution is 5.89. The molecule has 0 atom stereocenters. The summed E-state index contributed by atoms with van der Waals surface area (Å²) in [4.78, 5) is 11.8. The molecule has 2 amide bonds. The van der Waals surface area contributed by atoms with Gasteiger partial charge in [-0.25, -0.2) is 4.79 Å². The molecule has 0 heterocycles. The number of para-hydroxylation sites is 1. The summed E-state index contributed by atoms with van der Waals surface area (Å²) in [5.74, 6) is 0.458. The van der Waals surface area contributed by atoms with Crippen molar-refractivity contribution in [3.05, 3.63) is 53.6 Å². The zero-order valence-electron chi connectivity index (χ0n) is 14.5. The normalized spacial score (nSPS) is 13.7. The van der Waals surface area contributed by atoms with E-state index in [2.05, 4.69) is 54.9 Å². The first-order valence-electron chi connectivity index (χ1n) is 8.57. The standard InChI is InChI=1S/C20H25N3O/c1-13(2)18-6-4-5-14(3)19(18)21-15-7-9-16(10-8-15)22-20(24)23-17-11-12-17/h4-10,13,17,21H,11-12H2,1-3H3,(H2,22,23,24). The fourth-order valence-corrected chi connectivity index (χ4v) is 2.70. The van der Waals surface area contributed by atoms with Crippen LogP contribution in [0.15, 0.2) is 42.5 Å². The van der Waals surface area contributed by atoms with Gasteiger partial charge >= 0.3 is 6.03 Å². The Morgan fingerprint density at radius 3 is 2.33 bits per heavy atom. The average Bonchev–Trinajstić information content (AvgIpc) is 3.34. The maximum Gasteiger partial charge on any atom is 0.319 e. The number of carbonyl (C=O) groups excluding carboxylic acids is 1. The molecular weight excluding hydrogens is 298 g/mol. The van der Waals surface area contributed by atoms with Crippen LogP contribution < -0.4 is 16.0 Å². The number of hydrogen-bond acceptors (Lipinski definition) is 2. The smallest absolute Gasteiger partial charge is 0.319 e. The predicted molar refractivity (Wildman–Crippen MR) is 100 cm³/mol. The van der Waals surface area contributed by atoms with Gasteiger partial charge in [0.1, 0.15) is 0 Å². The second-order valence-electron chi connectivity index (χ2n) is 6.77. The third-order valence-electron chi connectivity index (χ3n) is 4.25. The third kappa shape index (κ3) is 4.07. The lowest BCUT2D eigenvalue weighted by atomic mass is 9.98. The van der Waals surface area contributed by atoms with Crippen molar-refractivity contribution in [1.82, 2.24) is 5.32 Å². The van der Waals surface area contributed by atoms with Gasteiger partial charge in [-0.1, -0.05) is 32.0 Å². The average molecular weight is 323 g/mol. The Kier molecular flexibility index (Phi) is 4.74. The van der Waals surface area contributed by atoms with E-state index in [0.717, 1.165) is 24.2 Å². The molecule has 4 heteroatoms. The molecule has 126 valence electrons. The van der Waals surface area contributed by atoms with Crippen LogP contribution in [0.2, 0.25) is 0 Å². The Hall–Kier alpha value is -2.49. The van der Waals surface area contributed by atoms with Crippen LogP contribution in [-0.2, 0) is 0 Å². The molecule has 0 aliphatic heterocycles. The summed E-state index contributed by atoms with van der Waals surface area (Å²) in [6.07, 6.45) is 2.18. The molecule has 0 aromatic heterocycles. The van der Waals surface area contributed by atoms with E-state index in [1.807, 2.05) is 24.3 Å². The number of carbonyl (C=O) groups is 1. The number of anilines is 3. The molecule has 1 aliphatic carbocycles. The highest BCUT2D eigenvalue weighted by Gasteiger charge is 2.23. The van der Waals surface area contributed by atoms with Crippen LogP contribution in [-0.4, -0.2) is 12.1 Å². The van der Waals surface area contributed by atoms with Gasteiger partial charge in [-0.15, -0.1) is 0 Å². The van der Waals surface area contributed by atoms with E-state index in [1.165, 1.54) is 16.8 Å². The number of amides is 2. The van der Waals surface area contributed by atoms with Crippen molar-refractivity contribution in [2.24, 2.45) is 0 Å². The van der Waals surface area contributed by atoms with Gasteiger partial charge in [0.15, 0.2) is 0 Å². The first-order chi connectivity index (χ1) is 11.5. The summed E-state index contributed by atoms with van der Waals surface area (Å²) in [5.41, 5.74) is 5.51. The largest absolute Gasteiger partial charge is 0.355 e. The van der Waals surface area contributed by atoms with Crippen molar-refractivity contribution in [2.75, 3.05) is 10.6 Å². The molecule has 0 saturated heterocycles. The van der Waals surface area contributed by atoms with Crippen molar-refractivity contribution in [3.8, 4) is 0 Å². The van der Waals surface area contributed by atoms with E-state index < -0.39 is 0 Å². The summed E-state index contributed by atoms with van der Waals surface area (Å²) in [7, 11) is 0. The van der Waals surface area contributed by atoms with Crippen LogP contribution >= 0.6 is 0 Å². The van der Waals surface area contributed by atoms with Gasteiger partial charge in [-0.3, -0.25) is 0 Å². The van der Waals surface area contributed by atoms with E-state index in [0.29, 0.717) is 12.0 Å². The SMILES string of the molecule is Cc1cccc(C(C)C)c1Nc1ccc(NC(=O)NC2CC2)cc1. The van der Waals surface area contributed by atoms with Gasteiger partial charge in [0.05, 0.1) is 0 Å². The quantitative estimate of drug-likeness (QED) is 0.713. The molecule has 2 aromatic rings. The van der Waals surface area contributed by atoms with E-state index in [4.69, 9.17) is 0 Å².